The molecule has 0 saturated heterocycles. The minimum atomic E-state index is -5.14. The fraction of sp³-hybridized carbons (Fsp3) is 0.409. The Morgan fingerprint density at radius 1 is 1.16 bits per heavy atom. The lowest BCUT2D eigenvalue weighted by Crippen LogP contribution is -2.56. The molecule has 38 heavy (non-hydrogen) atoms. The number of aromatic nitrogens is 1. The van der Waals surface area contributed by atoms with Crippen LogP contribution in [0.15, 0.2) is 36.7 Å². The number of pyridine rings is 1. The molecule has 0 spiro atoms. The summed E-state index contributed by atoms with van der Waals surface area (Å²) >= 11 is 0. The molecule has 1 saturated carbocycles. The van der Waals surface area contributed by atoms with Gasteiger partial charge in [0.2, 0.25) is 5.91 Å². The third-order valence-corrected chi connectivity index (χ3v) is 7.14. The van der Waals surface area contributed by atoms with Gasteiger partial charge in [-0.2, -0.15) is 31.6 Å². The molecule has 16 heteroatoms. The van der Waals surface area contributed by atoms with Gasteiger partial charge >= 0.3 is 12.4 Å². The van der Waals surface area contributed by atoms with E-state index in [2.05, 4.69) is 10.3 Å². The van der Waals surface area contributed by atoms with Crippen molar-refractivity contribution in [2.24, 2.45) is 0 Å². The first-order valence-corrected chi connectivity index (χ1v) is 12.5. The van der Waals surface area contributed by atoms with Crippen molar-refractivity contribution in [1.29, 1.82) is 5.26 Å². The number of hydrogen-bond donors (Lipinski definition) is 1. The van der Waals surface area contributed by atoms with E-state index in [0.29, 0.717) is 24.4 Å². The number of halogens is 8. The summed E-state index contributed by atoms with van der Waals surface area (Å²) in [6, 6.07) is 1.22. The smallest absolute Gasteiger partial charge is 0.347 e. The van der Waals surface area contributed by atoms with E-state index in [9.17, 15) is 53.6 Å². The van der Waals surface area contributed by atoms with Crippen molar-refractivity contribution in [3.8, 4) is 6.07 Å². The van der Waals surface area contributed by atoms with Crippen LogP contribution in [0.25, 0.3) is 0 Å². The number of carbonyl (C=O) groups excluding carboxylic acids is 1. The number of hydrogen-bond acceptors (Lipinski definition) is 6. The zero-order valence-corrected chi connectivity index (χ0v) is 19.9. The summed E-state index contributed by atoms with van der Waals surface area (Å²) in [5, 5.41) is 11.4. The lowest BCUT2D eigenvalue weighted by atomic mass is 10.1. The maximum Gasteiger partial charge on any atom is 0.416 e. The number of nitrogens with zero attached hydrogens (tertiary/aromatic N) is 3. The molecule has 2 aromatic rings. The van der Waals surface area contributed by atoms with Crippen molar-refractivity contribution < 1.29 is 48.3 Å². The Labute approximate surface area is 211 Å². The highest BCUT2D eigenvalue weighted by atomic mass is 32.2. The van der Waals surface area contributed by atoms with E-state index in [-0.39, 0.29) is 23.8 Å². The SMILES string of the molecule is N#CC1(NC(=O)[C@H](CS(=O)(=O)Cc2cnccc2C(F)(F)F)N(CC(F)(F)F)c2ccc(F)cc2F)CC1. The van der Waals surface area contributed by atoms with Gasteiger partial charge in [0.1, 0.15) is 29.8 Å². The fourth-order valence-electron chi connectivity index (χ4n) is 3.64. The molecule has 7 nitrogen and oxygen atoms in total. The lowest BCUT2D eigenvalue weighted by Gasteiger charge is -2.34. The molecular weight excluding hydrogens is 552 g/mol. The average Bonchev–Trinajstić information content (AvgIpc) is 3.55. The number of anilines is 1. The Balaban J connectivity index is 2.06. The first-order valence-electron chi connectivity index (χ1n) is 10.7. The molecule has 1 amide bonds. The molecule has 0 aliphatic heterocycles. The largest absolute Gasteiger partial charge is 0.416 e. The highest BCUT2D eigenvalue weighted by Crippen LogP contribution is 2.36. The predicted molar refractivity (Wildman–Crippen MR) is 116 cm³/mol. The van der Waals surface area contributed by atoms with Gasteiger partial charge in [-0.1, -0.05) is 0 Å². The van der Waals surface area contributed by atoms with Gasteiger partial charge in [-0.15, -0.1) is 0 Å². The molecule has 206 valence electrons. The Kier molecular flexibility index (Phi) is 7.92. The summed E-state index contributed by atoms with van der Waals surface area (Å²) in [6.07, 6.45) is -8.56. The standard InChI is InChI=1S/C22H18F8N4O3S/c23-14-1-2-17(16(24)7-14)34(12-21(25,26)27)18(19(35)33-20(11-31)4-5-20)10-38(36,37)9-13-8-32-6-3-15(13)22(28,29)30/h1-3,6-8,18H,4-5,9-10,12H2,(H,33,35)/t18-/m0/s1. The van der Waals surface area contributed by atoms with Crippen LogP contribution in [0.4, 0.5) is 40.8 Å². The van der Waals surface area contributed by atoms with Gasteiger partial charge in [-0.25, -0.2) is 17.2 Å². The van der Waals surface area contributed by atoms with Crippen LogP contribution in [0.3, 0.4) is 0 Å². The maximum absolute atomic E-state index is 14.6. The summed E-state index contributed by atoms with van der Waals surface area (Å²) in [6.45, 7) is -2.08. The van der Waals surface area contributed by atoms with E-state index in [4.69, 9.17) is 0 Å². The van der Waals surface area contributed by atoms with Crippen LogP contribution in [-0.4, -0.2) is 49.4 Å². The molecule has 0 radical (unpaired) electrons. The molecule has 1 heterocycles. The van der Waals surface area contributed by atoms with Crippen LogP contribution in [0.5, 0.6) is 0 Å². The van der Waals surface area contributed by atoms with Gasteiger partial charge in [0.05, 0.1) is 28.8 Å². The highest BCUT2D eigenvalue weighted by molar-refractivity contribution is 7.90. The Morgan fingerprint density at radius 3 is 2.34 bits per heavy atom. The monoisotopic (exact) mass is 570 g/mol. The summed E-state index contributed by atoms with van der Waals surface area (Å²) in [4.78, 5) is 16.6. The third-order valence-electron chi connectivity index (χ3n) is 5.57. The lowest BCUT2D eigenvalue weighted by molar-refractivity contribution is -0.138. The Morgan fingerprint density at radius 2 is 1.82 bits per heavy atom. The van der Waals surface area contributed by atoms with E-state index in [1.807, 2.05) is 0 Å². The van der Waals surface area contributed by atoms with Gasteiger partial charge in [-0.3, -0.25) is 9.78 Å². The highest BCUT2D eigenvalue weighted by Gasteiger charge is 2.48. The number of carbonyl (C=O) groups is 1. The molecule has 1 fully saturated rings. The van der Waals surface area contributed by atoms with Crippen molar-refractivity contribution in [2.45, 2.75) is 42.5 Å². The molecule has 1 atom stereocenters. The molecular formula is C22H18F8N4O3S. The molecule has 1 aliphatic carbocycles. The summed E-state index contributed by atoms with van der Waals surface area (Å²) in [5.41, 5.74) is -4.67. The molecule has 0 unspecified atom stereocenters. The van der Waals surface area contributed by atoms with Crippen LogP contribution in [0.1, 0.15) is 24.0 Å². The van der Waals surface area contributed by atoms with Gasteiger partial charge in [0.25, 0.3) is 0 Å². The molecule has 0 bridgehead atoms. The molecule has 3 rings (SSSR count). The van der Waals surface area contributed by atoms with Crippen molar-refractivity contribution in [1.82, 2.24) is 10.3 Å². The van der Waals surface area contributed by atoms with Gasteiger partial charge < -0.3 is 10.2 Å². The third kappa shape index (κ3) is 7.30. The van der Waals surface area contributed by atoms with Crippen LogP contribution < -0.4 is 10.2 Å². The van der Waals surface area contributed by atoms with Crippen molar-refractivity contribution in [2.75, 3.05) is 17.2 Å². The second-order valence-corrected chi connectivity index (χ2v) is 10.7. The summed E-state index contributed by atoms with van der Waals surface area (Å²) in [7, 11) is -4.82. The van der Waals surface area contributed by atoms with Crippen molar-refractivity contribution in [3.63, 3.8) is 0 Å². The van der Waals surface area contributed by atoms with E-state index >= 15 is 0 Å². The Hall–Kier alpha value is -3.48. The first-order chi connectivity index (χ1) is 17.5. The number of alkyl halides is 6. The molecule has 1 aromatic carbocycles. The zero-order valence-electron chi connectivity index (χ0n) is 19.1. The van der Waals surface area contributed by atoms with Gasteiger partial charge in [0.15, 0.2) is 9.84 Å². The molecule has 1 aromatic heterocycles. The number of nitriles is 1. The second-order valence-electron chi connectivity index (χ2n) is 8.62. The van der Waals surface area contributed by atoms with Crippen LogP contribution in [0, 0.1) is 23.0 Å². The number of nitrogens with one attached hydrogen (secondary N) is 1. The first kappa shape index (κ1) is 29.1. The maximum atomic E-state index is 14.6. The topological polar surface area (TPSA) is 103 Å². The molecule has 1 N–H and O–H groups in total. The van der Waals surface area contributed by atoms with E-state index < -0.39 is 86.2 Å². The van der Waals surface area contributed by atoms with Crippen LogP contribution in [0.2, 0.25) is 0 Å². The quantitative estimate of drug-likeness (QED) is 0.459. The van der Waals surface area contributed by atoms with Crippen LogP contribution in [-0.2, 0) is 26.6 Å². The van der Waals surface area contributed by atoms with E-state index in [0.717, 1.165) is 6.20 Å². The number of benzene rings is 1. The van der Waals surface area contributed by atoms with E-state index in [1.54, 1.807) is 6.07 Å². The average molecular weight is 570 g/mol. The number of rotatable bonds is 9. The zero-order chi connectivity index (χ0) is 28.5. The van der Waals surface area contributed by atoms with Crippen molar-refractivity contribution in [3.05, 3.63) is 59.4 Å². The predicted octanol–water partition coefficient (Wildman–Crippen LogP) is 3.90. The van der Waals surface area contributed by atoms with Gasteiger partial charge in [-0.05, 0) is 36.6 Å². The number of sulfone groups is 1. The minimum absolute atomic E-state index is 0.0308. The van der Waals surface area contributed by atoms with Gasteiger partial charge in [0, 0.05) is 18.5 Å². The van der Waals surface area contributed by atoms with E-state index in [1.165, 1.54) is 0 Å². The normalized spacial score (nSPS) is 15.9. The van der Waals surface area contributed by atoms with Crippen LogP contribution >= 0.6 is 0 Å². The fourth-order valence-corrected chi connectivity index (χ4v) is 5.28. The minimum Gasteiger partial charge on any atom is -0.347 e. The number of amides is 1. The van der Waals surface area contributed by atoms with Crippen molar-refractivity contribution >= 4 is 21.4 Å². The molecule has 1 aliphatic rings. The summed E-state index contributed by atoms with van der Waals surface area (Å²) in [5.74, 6) is -7.02. The Bertz CT molecular complexity index is 1350. The second kappa shape index (κ2) is 10.4. The summed E-state index contributed by atoms with van der Waals surface area (Å²) < 4.78 is 134.